The van der Waals surface area contributed by atoms with Crippen LogP contribution in [0, 0.1) is 12.8 Å². The van der Waals surface area contributed by atoms with E-state index >= 15 is 0 Å². The largest absolute Gasteiger partial charge is 0.481 e. The summed E-state index contributed by atoms with van der Waals surface area (Å²) in [6.45, 7) is 7.83. The third-order valence-corrected chi connectivity index (χ3v) is 4.49. The van der Waals surface area contributed by atoms with Gasteiger partial charge in [0.05, 0.1) is 12.0 Å². The Morgan fingerprint density at radius 2 is 2.05 bits per heavy atom. The minimum Gasteiger partial charge on any atom is -0.481 e. The molecule has 0 aliphatic carbocycles. The summed E-state index contributed by atoms with van der Waals surface area (Å²) in [5.74, 6) is -1.61. The molecule has 1 amide bonds. The molecule has 1 aromatic heterocycles. The van der Waals surface area contributed by atoms with Crippen molar-refractivity contribution in [3.05, 3.63) is 21.9 Å². The fourth-order valence-electron chi connectivity index (χ4n) is 2.68. The van der Waals surface area contributed by atoms with Crippen molar-refractivity contribution in [2.24, 2.45) is 5.92 Å². The number of amides is 1. The summed E-state index contributed by atoms with van der Waals surface area (Å²) in [5.41, 5.74) is -0.371. The van der Waals surface area contributed by atoms with Crippen LogP contribution in [0.5, 0.6) is 0 Å². The summed E-state index contributed by atoms with van der Waals surface area (Å²) in [5, 5.41) is 9.38. The number of carboxylic acids is 1. The summed E-state index contributed by atoms with van der Waals surface area (Å²) in [6.07, 6.45) is 0.0915. The average molecular weight is 281 g/mol. The highest BCUT2D eigenvalue weighted by molar-refractivity contribution is 7.12. The van der Waals surface area contributed by atoms with E-state index in [-0.39, 0.29) is 23.9 Å². The van der Waals surface area contributed by atoms with Gasteiger partial charge in [-0.1, -0.05) is 0 Å². The van der Waals surface area contributed by atoms with Crippen LogP contribution < -0.4 is 0 Å². The molecule has 2 atom stereocenters. The molecule has 104 valence electrons. The van der Waals surface area contributed by atoms with Crippen molar-refractivity contribution >= 4 is 23.2 Å². The topological polar surface area (TPSA) is 57.6 Å². The Morgan fingerprint density at radius 3 is 2.47 bits per heavy atom. The Hall–Kier alpha value is -1.36. The van der Waals surface area contributed by atoms with Crippen LogP contribution in [0.3, 0.4) is 0 Å². The molecule has 1 fully saturated rings. The highest BCUT2D eigenvalue weighted by Crippen LogP contribution is 2.44. The lowest BCUT2D eigenvalue weighted by molar-refractivity contribution is -0.142. The Morgan fingerprint density at radius 1 is 1.42 bits per heavy atom. The number of rotatable bonds is 2. The zero-order valence-corrected chi connectivity index (χ0v) is 12.5. The molecule has 2 heterocycles. The molecule has 1 saturated heterocycles. The molecule has 4 nitrogen and oxygen atoms in total. The lowest BCUT2D eigenvalue weighted by Crippen LogP contribution is -2.44. The van der Waals surface area contributed by atoms with Crippen molar-refractivity contribution in [3.63, 3.8) is 0 Å². The molecular formula is C14H19NO3S. The van der Waals surface area contributed by atoms with Crippen LogP contribution in [0.15, 0.2) is 12.1 Å². The van der Waals surface area contributed by atoms with E-state index in [4.69, 9.17) is 0 Å². The minimum absolute atomic E-state index is 0.0732. The molecule has 1 aliphatic heterocycles. The molecule has 0 radical (unpaired) electrons. The van der Waals surface area contributed by atoms with Crippen LogP contribution in [0.1, 0.15) is 43.0 Å². The Bertz CT molecular complexity index is 515. The fraction of sp³-hybridized carbons (Fsp3) is 0.571. The number of likely N-dealkylation sites (tertiary alicyclic amines) is 1. The molecule has 0 spiro atoms. The highest BCUT2D eigenvalue weighted by atomic mass is 32.1. The van der Waals surface area contributed by atoms with Gasteiger partial charge in [0.1, 0.15) is 0 Å². The van der Waals surface area contributed by atoms with Gasteiger partial charge in [-0.3, -0.25) is 9.59 Å². The number of carboxylic acid groups (broad SMARTS) is 1. The first-order valence-corrected chi connectivity index (χ1v) is 7.15. The van der Waals surface area contributed by atoms with E-state index in [1.807, 2.05) is 39.8 Å². The second-order valence-electron chi connectivity index (χ2n) is 5.98. The van der Waals surface area contributed by atoms with Crippen LogP contribution >= 0.6 is 11.3 Å². The van der Waals surface area contributed by atoms with Gasteiger partial charge in [-0.05, 0) is 39.8 Å². The van der Waals surface area contributed by atoms with E-state index in [0.29, 0.717) is 0 Å². The van der Waals surface area contributed by atoms with Crippen LogP contribution in [0.4, 0.5) is 0 Å². The second kappa shape index (κ2) is 4.63. The predicted octanol–water partition coefficient (Wildman–Crippen LogP) is 2.83. The molecule has 0 bridgehead atoms. The summed E-state index contributed by atoms with van der Waals surface area (Å²) in [4.78, 5) is 27.5. The van der Waals surface area contributed by atoms with Gasteiger partial charge in [-0.25, -0.2) is 0 Å². The lowest BCUT2D eigenvalue weighted by atomic mass is 9.96. The first-order valence-electron chi connectivity index (χ1n) is 6.33. The number of hydrogen-bond donors (Lipinski definition) is 1. The molecule has 1 aromatic rings. The van der Waals surface area contributed by atoms with Crippen LogP contribution in [-0.2, 0) is 9.59 Å². The number of aliphatic carboxylic acids is 1. The van der Waals surface area contributed by atoms with Gasteiger partial charge >= 0.3 is 5.97 Å². The molecule has 19 heavy (non-hydrogen) atoms. The summed E-state index contributed by atoms with van der Waals surface area (Å²) in [6, 6.07) is 3.57. The van der Waals surface area contributed by atoms with Crippen LogP contribution in [0.2, 0.25) is 0 Å². The quantitative estimate of drug-likeness (QED) is 0.907. The number of carbonyl (C=O) groups excluding carboxylic acids is 1. The van der Waals surface area contributed by atoms with Crippen LogP contribution in [-0.4, -0.2) is 27.4 Å². The Balaban J connectivity index is 2.47. The van der Waals surface area contributed by atoms with Crippen LogP contribution in [0.25, 0.3) is 0 Å². The molecule has 0 aromatic carbocycles. The van der Waals surface area contributed by atoms with Gasteiger partial charge in [-0.15, -0.1) is 11.3 Å². The van der Waals surface area contributed by atoms with E-state index in [1.54, 1.807) is 16.2 Å². The van der Waals surface area contributed by atoms with Gasteiger partial charge in [-0.2, -0.15) is 0 Å². The van der Waals surface area contributed by atoms with Gasteiger partial charge in [0, 0.05) is 21.7 Å². The Kier molecular flexibility index (Phi) is 3.43. The molecular weight excluding hydrogens is 262 g/mol. The van der Waals surface area contributed by atoms with Gasteiger partial charge in [0.15, 0.2) is 0 Å². The molecule has 5 heteroatoms. The second-order valence-corrected chi connectivity index (χ2v) is 7.30. The maximum absolute atomic E-state index is 12.2. The van der Waals surface area contributed by atoms with Gasteiger partial charge in [0.2, 0.25) is 5.91 Å². The smallest absolute Gasteiger partial charge is 0.309 e. The van der Waals surface area contributed by atoms with E-state index in [9.17, 15) is 14.7 Å². The molecule has 1 aliphatic rings. The summed E-state index contributed by atoms with van der Waals surface area (Å²) >= 11 is 1.57. The SMILES string of the molecule is Cc1ccc(C2C(C(=O)O)CC(=O)N2C(C)(C)C)s1. The van der Waals surface area contributed by atoms with Gasteiger partial charge in [0.25, 0.3) is 0 Å². The molecule has 1 N–H and O–H groups in total. The number of carbonyl (C=O) groups is 2. The standard InChI is InChI=1S/C14H19NO3S/c1-8-5-6-10(19-8)12-9(13(17)18)7-11(16)15(12)14(2,3)4/h5-6,9,12H,7H2,1-4H3,(H,17,18). The Labute approximate surface area is 117 Å². The van der Waals surface area contributed by atoms with Crippen molar-refractivity contribution in [2.45, 2.75) is 45.7 Å². The van der Waals surface area contributed by atoms with Gasteiger partial charge < -0.3 is 10.0 Å². The predicted molar refractivity (Wildman–Crippen MR) is 74.1 cm³/mol. The first-order chi connectivity index (χ1) is 8.71. The summed E-state index contributed by atoms with van der Waals surface area (Å²) < 4.78 is 0. The zero-order chi connectivity index (χ0) is 14.4. The zero-order valence-electron chi connectivity index (χ0n) is 11.6. The molecule has 0 saturated carbocycles. The average Bonchev–Trinajstić information content (AvgIpc) is 2.80. The van der Waals surface area contributed by atoms with E-state index in [0.717, 1.165) is 9.75 Å². The monoisotopic (exact) mass is 281 g/mol. The normalized spacial score (nSPS) is 24.0. The lowest BCUT2D eigenvalue weighted by Gasteiger charge is -2.37. The van der Waals surface area contributed by atoms with Crippen molar-refractivity contribution < 1.29 is 14.7 Å². The van der Waals surface area contributed by atoms with E-state index in [2.05, 4.69) is 0 Å². The fourth-order valence-corrected chi connectivity index (χ4v) is 3.72. The third-order valence-electron chi connectivity index (χ3n) is 3.42. The maximum Gasteiger partial charge on any atom is 0.309 e. The van der Waals surface area contributed by atoms with Crippen molar-refractivity contribution in [1.82, 2.24) is 4.90 Å². The highest BCUT2D eigenvalue weighted by Gasteiger charge is 2.49. The first kappa shape index (κ1) is 14.1. The molecule has 2 unspecified atom stereocenters. The number of hydrogen-bond acceptors (Lipinski definition) is 3. The van der Waals surface area contributed by atoms with Crippen molar-refractivity contribution in [3.8, 4) is 0 Å². The minimum atomic E-state index is -0.892. The maximum atomic E-state index is 12.2. The molecule has 2 rings (SSSR count). The van der Waals surface area contributed by atoms with E-state index < -0.39 is 11.9 Å². The number of thiophene rings is 1. The van der Waals surface area contributed by atoms with Crippen molar-refractivity contribution in [2.75, 3.05) is 0 Å². The number of aryl methyl sites for hydroxylation is 1. The van der Waals surface area contributed by atoms with E-state index in [1.165, 1.54) is 0 Å². The third kappa shape index (κ3) is 2.52. The van der Waals surface area contributed by atoms with Crippen molar-refractivity contribution in [1.29, 1.82) is 0 Å². The number of nitrogens with zero attached hydrogens (tertiary/aromatic N) is 1. The summed E-state index contributed by atoms with van der Waals surface area (Å²) in [7, 11) is 0.